The molecule has 7 heteroatoms. The maximum atomic E-state index is 10.9. The van der Waals surface area contributed by atoms with Gasteiger partial charge in [0.05, 0.1) is 32.3 Å². The lowest BCUT2D eigenvalue weighted by molar-refractivity contribution is 0.0697. The van der Waals surface area contributed by atoms with Crippen molar-refractivity contribution in [1.82, 2.24) is 9.97 Å². The molecule has 0 aliphatic heterocycles. The van der Waals surface area contributed by atoms with Gasteiger partial charge in [-0.1, -0.05) is 29.3 Å². The van der Waals surface area contributed by atoms with Crippen LogP contribution in [-0.2, 0) is 0 Å². The molecule has 1 heterocycles. The van der Waals surface area contributed by atoms with Crippen molar-refractivity contribution in [2.24, 2.45) is 0 Å². The minimum Gasteiger partial charge on any atom is -0.478 e. The number of hydrogen-bond acceptors (Lipinski definition) is 3. The maximum Gasteiger partial charge on any atom is 0.335 e. The minimum absolute atomic E-state index is 0.182. The van der Waals surface area contributed by atoms with Crippen LogP contribution in [0.15, 0.2) is 36.4 Å². The van der Waals surface area contributed by atoms with Crippen LogP contribution in [0.1, 0.15) is 10.4 Å². The summed E-state index contributed by atoms with van der Waals surface area (Å²) in [6.07, 6.45) is 0. The number of nitrogens with zero attached hydrogens (tertiary/aromatic N) is 1. The van der Waals surface area contributed by atoms with Gasteiger partial charge >= 0.3 is 5.97 Å². The maximum absolute atomic E-state index is 10.9. The van der Waals surface area contributed by atoms with Gasteiger partial charge in [-0.25, -0.2) is 9.78 Å². The Labute approximate surface area is 129 Å². The fourth-order valence-electron chi connectivity index (χ4n) is 1.93. The molecule has 3 aromatic rings. The van der Waals surface area contributed by atoms with Crippen molar-refractivity contribution in [3.8, 4) is 0 Å². The number of carboxylic acid groups (broad SMARTS) is 1. The zero-order valence-electron chi connectivity index (χ0n) is 10.5. The van der Waals surface area contributed by atoms with Crippen molar-refractivity contribution in [3.05, 3.63) is 52.0 Å². The van der Waals surface area contributed by atoms with Crippen LogP contribution in [0, 0.1) is 0 Å². The fourth-order valence-corrected chi connectivity index (χ4v) is 2.27. The van der Waals surface area contributed by atoms with Gasteiger partial charge in [0.1, 0.15) is 0 Å². The molecule has 5 nitrogen and oxygen atoms in total. The molecule has 3 N–H and O–H groups in total. The van der Waals surface area contributed by atoms with E-state index < -0.39 is 5.97 Å². The monoisotopic (exact) mass is 321 g/mol. The predicted octanol–water partition coefficient (Wildman–Crippen LogP) is 4.31. The van der Waals surface area contributed by atoms with E-state index in [1.165, 1.54) is 12.1 Å². The van der Waals surface area contributed by atoms with Gasteiger partial charge < -0.3 is 15.4 Å². The van der Waals surface area contributed by atoms with Gasteiger partial charge in [-0.15, -0.1) is 0 Å². The predicted molar refractivity (Wildman–Crippen MR) is 82.8 cm³/mol. The van der Waals surface area contributed by atoms with Gasteiger partial charge in [0, 0.05) is 0 Å². The van der Waals surface area contributed by atoms with Crippen molar-refractivity contribution in [2.75, 3.05) is 5.32 Å². The number of aromatic nitrogens is 2. The third kappa shape index (κ3) is 2.66. The molecule has 0 saturated carbocycles. The van der Waals surface area contributed by atoms with Crippen LogP contribution in [0.5, 0.6) is 0 Å². The molecule has 0 saturated heterocycles. The lowest BCUT2D eigenvalue weighted by Gasteiger charge is -2.05. The van der Waals surface area contributed by atoms with Gasteiger partial charge in [-0.3, -0.25) is 0 Å². The molecule has 2 aromatic carbocycles. The Hall–Kier alpha value is -2.24. The molecule has 3 rings (SSSR count). The number of halogens is 2. The highest BCUT2D eigenvalue weighted by Gasteiger charge is 2.09. The van der Waals surface area contributed by atoms with E-state index in [1.54, 1.807) is 24.3 Å². The topological polar surface area (TPSA) is 78.0 Å². The molecule has 106 valence electrons. The third-order valence-corrected chi connectivity index (χ3v) is 3.75. The summed E-state index contributed by atoms with van der Waals surface area (Å²) in [7, 11) is 0. The number of aromatic carboxylic acids is 1. The quantitative estimate of drug-likeness (QED) is 0.671. The number of H-pyrrole nitrogens is 1. The number of anilines is 2. The summed E-state index contributed by atoms with van der Waals surface area (Å²) in [4.78, 5) is 18.3. The molecule has 0 bridgehead atoms. The number of rotatable bonds is 3. The Balaban J connectivity index is 1.98. The van der Waals surface area contributed by atoms with E-state index >= 15 is 0 Å². The van der Waals surface area contributed by atoms with Gasteiger partial charge in [0.15, 0.2) is 0 Å². The summed E-state index contributed by atoms with van der Waals surface area (Å²) in [6.45, 7) is 0. The summed E-state index contributed by atoms with van der Waals surface area (Å²) < 4.78 is 0. The minimum atomic E-state index is -0.993. The summed E-state index contributed by atoms with van der Waals surface area (Å²) >= 11 is 12.0. The molecule has 0 fully saturated rings. The molecular formula is C14H9Cl2N3O2. The second-order valence-corrected chi connectivity index (χ2v) is 5.13. The van der Waals surface area contributed by atoms with Crippen molar-refractivity contribution < 1.29 is 9.90 Å². The highest BCUT2D eigenvalue weighted by molar-refractivity contribution is 6.43. The zero-order valence-corrected chi connectivity index (χ0v) is 12.0. The Morgan fingerprint density at radius 3 is 2.81 bits per heavy atom. The van der Waals surface area contributed by atoms with E-state index in [0.29, 0.717) is 27.2 Å². The van der Waals surface area contributed by atoms with Crippen LogP contribution in [0.25, 0.3) is 11.0 Å². The van der Waals surface area contributed by atoms with E-state index in [1.807, 2.05) is 0 Å². The number of hydrogen-bond donors (Lipinski definition) is 3. The first-order valence-corrected chi connectivity index (χ1v) is 6.74. The summed E-state index contributed by atoms with van der Waals surface area (Å²) in [5, 5.41) is 12.8. The number of fused-ring (bicyclic) bond motifs is 1. The normalized spacial score (nSPS) is 10.8. The van der Waals surface area contributed by atoms with Gasteiger partial charge in [0.2, 0.25) is 5.95 Å². The number of benzene rings is 2. The SMILES string of the molecule is O=C(O)c1ccc2[nH]c(Nc3cccc(Cl)c3Cl)nc2c1. The number of carboxylic acids is 1. The smallest absolute Gasteiger partial charge is 0.335 e. The lowest BCUT2D eigenvalue weighted by atomic mass is 10.2. The van der Waals surface area contributed by atoms with Crippen LogP contribution in [0.2, 0.25) is 10.0 Å². The fraction of sp³-hybridized carbons (Fsp3) is 0. The molecule has 1 aromatic heterocycles. The second kappa shape index (κ2) is 5.27. The van der Waals surface area contributed by atoms with Gasteiger partial charge in [-0.05, 0) is 30.3 Å². The second-order valence-electron chi connectivity index (χ2n) is 4.35. The van der Waals surface area contributed by atoms with E-state index in [2.05, 4.69) is 15.3 Å². The van der Waals surface area contributed by atoms with Gasteiger partial charge in [-0.2, -0.15) is 0 Å². The van der Waals surface area contributed by atoms with Crippen LogP contribution in [0.3, 0.4) is 0 Å². The average molecular weight is 322 g/mol. The molecule has 0 unspecified atom stereocenters. The van der Waals surface area contributed by atoms with E-state index in [4.69, 9.17) is 28.3 Å². The Morgan fingerprint density at radius 2 is 2.05 bits per heavy atom. The van der Waals surface area contributed by atoms with Gasteiger partial charge in [0.25, 0.3) is 0 Å². The van der Waals surface area contributed by atoms with Crippen molar-refractivity contribution in [1.29, 1.82) is 0 Å². The molecule has 0 spiro atoms. The standard InChI is InChI=1S/C14H9Cl2N3O2/c15-8-2-1-3-10(12(8)16)18-14-17-9-5-4-7(13(20)21)6-11(9)19-14/h1-6H,(H,20,21)(H2,17,18,19). The number of imidazole rings is 1. The van der Waals surface area contributed by atoms with E-state index in [9.17, 15) is 4.79 Å². The average Bonchev–Trinajstić information content (AvgIpc) is 2.85. The van der Waals surface area contributed by atoms with Crippen LogP contribution >= 0.6 is 23.2 Å². The Bertz CT molecular complexity index is 845. The first-order chi connectivity index (χ1) is 10.0. The number of aromatic amines is 1. The van der Waals surface area contributed by atoms with Crippen molar-refractivity contribution in [2.45, 2.75) is 0 Å². The van der Waals surface area contributed by atoms with E-state index in [-0.39, 0.29) is 5.56 Å². The van der Waals surface area contributed by atoms with E-state index in [0.717, 1.165) is 5.52 Å². The summed E-state index contributed by atoms with van der Waals surface area (Å²) in [5.74, 6) is -0.538. The zero-order chi connectivity index (χ0) is 15.0. The Kier molecular flexibility index (Phi) is 3.45. The third-order valence-electron chi connectivity index (χ3n) is 2.93. The molecule has 0 aliphatic carbocycles. The Morgan fingerprint density at radius 1 is 1.24 bits per heavy atom. The molecule has 0 atom stereocenters. The summed E-state index contributed by atoms with van der Waals surface area (Å²) in [6, 6.07) is 9.90. The van der Waals surface area contributed by atoms with Crippen LogP contribution in [-0.4, -0.2) is 21.0 Å². The molecule has 0 radical (unpaired) electrons. The molecule has 0 aliphatic rings. The first-order valence-electron chi connectivity index (χ1n) is 5.98. The lowest BCUT2D eigenvalue weighted by Crippen LogP contribution is -1.94. The highest BCUT2D eigenvalue weighted by atomic mass is 35.5. The summed E-state index contributed by atoms with van der Waals surface area (Å²) in [5.41, 5.74) is 2.07. The number of carbonyl (C=O) groups is 1. The van der Waals surface area contributed by atoms with Crippen molar-refractivity contribution >= 4 is 51.8 Å². The largest absolute Gasteiger partial charge is 0.478 e. The highest BCUT2D eigenvalue weighted by Crippen LogP contribution is 2.31. The van der Waals surface area contributed by atoms with Crippen molar-refractivity contribution in [3.63, 3.8) is 0 Å². The molecule has 21 heavy (non-hydrogen) atoms. The van der Waals surface area contributed by atoms with Crippen LogP contribution < -0.4 is 5.32 Å². The molecule has 0 amide bonds. The van der Waals surface area contributed by atoms with Crippen LogP contribution in [0.4, 0.5) is 11.6 Å². The number of nitrogens with one attached hydrogen (secondary N) is 2. The first kappa shape index (κ1) is 13.7. The molecular weight excluding hydrogens is 313 g/mol.